The molecule has 294 valence electrons. The van der Waals surface area contributed by atoms with Crippen molar-refractivity contribution in [3.05, 3.63) is 81.5 Å². The van der Waals surface area contributed by atoms with Gasteiger partial charge in [0.2, 0.25) is 0 Å². The number of benzene rings is 3. The zero-order valence-corrected chi connectivity index (χ0v) is 30.1. The Morgan fingerprint density at radius 3 is 2.11 bits per heavy atom. The number of carbonyl (C=O) groups is 2. The molecule has 55 heavy (non-hydrogen) atoms. The molecule has 3 heterocycles. The molecule has 17 heteroatoms. The fourth-order valence-corrected chi connectivity index (χ4v) is 6.92. The number of rotatable bonds is 12. The average molecular weight is 785 g/mol. The molecule has 0 aromatic heterocycles. The van der Waals surface area contributed by atoms with Gasteiger partial charge >= 0.3 is 11.9 Å². The Kier molecular flexibility index (Phi) is 12.4. The van der Waals surface area contributed by atoms with Crippen LogP contribution in [0.1, 0.15) is 34.3 Å². The minimum Gasteiger partial charge on any atom is -0.478 e. The van der Waals surface area contributed by atoms with Crippen molar-refractivity contribution in [1.29, 1.82) is 0 Å². The molecular formula is C38H40O16S. The van der Waals surface area contributed by atoms with Gasteiger partial charge in [0.1, 0.15) is 66.8 Å². The molecule has 0 saturated carbocycles. The zero-order chi connectivity index (χ0) is 39.7. The van der Waals surface area contributed by atoms with Crippen LogP contribution in [0.15, 0.2) is 63.8 Å². The lowest BCUT2D eigenvalue weighted by Gasteiger charge is -2.44. The number of hydrogen-bond donors (Lipinski definition) is 8. The molecule has 1 aliphatic carbocycles. The molecule has 0 amide bonds. The average Bonchev–Trinajstić information content (AvgIpc) is 3.15. The number of aromatic carboxylic acids is 1. The molecule has 10 atom stereocenters. The van der Waals surface area contributed by atoms with Crippen molar-refractivity contribution < 1.29 is 73.8 Å². The maximum absolute atomic E-state index is 12.7. The van der Waals surface area contributed by atoms with E-state index in [0.717, 1.165) is 5.56 Å². The number of carbonyl (C=O) groups excluding carboxylic acids is 1. The van der Waals surface area contributed by atoms with E-state index in [9.17, 15) is 55.2 Å². The third kappa shape index (κ3) is 8.62. The lowest BCUT2D eigenvalue weighted by molar-refractivity contribution is -0.376. The number of ether oxygens (including phenoxy) is 4. The van der Waals surface area contributed by atoms with Crippen molar-refractivity contribution in [2.45, 2.75) is 87.6 Å². The molecule has 0 spiro atoms. The standard InChI is InChI=1S/C38H40O16S/c1-16-2-6-21-24(10-16)51-25-13-18(40)4-8-22(25)29(21)20-7-3-17(12-23(20)36(48)49)11-19(55)5-9-28(41)50-15-27-31(43)33(45)35(47)38(53-27)54-37-34(46)32(44)30(42)26(14-39)52-37/h2-4,6-8,10,12-13,26-27,30-35,37-39,42-47H,5,9,11,14-15H2,1H3,(H,48,49)/t26?,27?,30-,31-,32?,33+,34-,35?,37-,38-/m1/s1. The van der Waals surface area contributed by atoms with Crippen molar-refractivity contribution in [1.82, 2.24) is 0 Å². The smallest absolute Gasteiger partial charge is 0.336 e. The Morgan fingerprint density at radius 2 is 1.44 bits per heavy atom. The molecule has 0 bridgehead atoms. The summed E-state index contributed by atoms with van der Waals surface area (Å²) in [6.07, 6.45) is -17.0. The Hall–Kier alpha value is -4.24. The molecule has 2 saturated heterocycles. The van der Waals surface area contributed by atoms with E-state index in [2.05, 4.69) is 0 Å². The van der Waals surface area contributed by atoms with Gasteiger partial charge < -0.3 is 64.2 Å². The van der Waals surface area contributed by atoms with Crippen LogP contribution in [-0.2, 0) is 30.2 Å². The summed E-state index contributed by atoms with van der Waals surface area (Å²) in [7, 11) is 0. The number of esters is 1. The number of aryl methyl sites for hydroxylation is 1. The number of carboxylic acids is 1. The number of carboxylic acid groups (broad SMARTS) is 1. The third-order valence-corrected chi connectivity index (χ3v) is 9.98. The number of aliphatic hydroxyl groups is 7. The molecule has 2 fully saturated rings. The summed E-state index contributed by atoms with van der Waals surface area (Å²) in [5, 5.41) is 81.9. The van der Waals surface area contributed by atoms with Gasteiger partial charge in [-0.1, -0.05) is 36.5 Å². The summed E-state index contributed by atoms with van der Waals surface area (Å²) in [6.45, 7) is 0.545. The summed E-state index contributed by atoms with van der Waals surface area (Å²) in [4.78, 5) is 37.8. The lowest BCUT2D eigenvalue weighted by Crippen LogP contribution is -2.63. The molecule has 6 rings (SSSR count). The monoisotopic (exact) mass is 784 g/mol. The second-order valence-corrected chi connectivity index (χ2v) is 14.1. The minimum atomic E-state index is -1.87. The number of thiocarbonyl (C=S) groups is 1. The van der Waals surface area contributed by atoms with Gasteiger partial charge in [0.25, 0.3) is 0 Å². The molecule has 2 aromatic rings. The van der Waals surface area contributed by atoms with E-state index < -0.39 is 86.6 Å². The molecule has 3 aliphatic heterocycles. The van der Waals surface area contributed by atoms with Gasteiger partial charge in [0.05, 0.1) is 18.6 Å². The molecular weight excluding hydrogens is 744 g/mol. The topological polar surface area (TPSA) is 263 Å². The van der Waals surface area contributed by atoms with Crippen molar-refractivity contribution in [3.63, 3.8) is 0 Å². The first-order valence-corrected chi connectivity index (χ1v) is 17.7. The lowest BCUT2D eigenvalue weighted by atomic mass is 9.89. The first kappa shape index (κ1) is 40.4. The van der Waals surface area contributed by atoms with Gasteiger partial charge in [-0.25, -0.2) is 4.79 Å². The summed E-state index contributed by atoms with van der Waals surface area (Å²) in [5.41, 5.74) is 3.27. The van der Waals surface area contributed by atoms with Crippen molar-refractivity contribution in [3.8, 4) is 22.5 Å². The van der Waals surface area contributed by atoms with E-state index in [1.54, 1.807) is 18.2 Å². The van der Waals surface area contributed by atoms with Crippen molar-refractivity contribution in [2.75, 3.05) is 13.2 Å². The quantitative estimate of drug-likeness (QED) is 0.0550. The van der Waals surface area contributed by atoms with E-state index in [1.807, 2.05) is 25.1 Å². The predicted octanol–water partition coefficient (Wildman–Crippen LogP) is 0.431. The van der Waals surface area contributed by atoms with Gasteiger partial charge in [0, 0.05) is 29.0 Å². The summed E-state index contributed by atoms with van der Waals surface area (Å²) in [6, 6.07) is 14.8. The van der Waals surface area contributed by atoms with Gasteiger partial charge in [-0.3, -0.25) is 9.59 Å². The van der Waals surface area contributed by atoms with Gasteiger partial charge in [-0.05, 0) is 59.2 Å². The Balaban J connectivity index is 1.08. The van der Waals surface area contributed by atoms with Crippen LogP contribution in [0.4, 0.5) is 0 Å². The van der Waals surface area contributed by atoms with Gasteiger partial charge in [-0.2, -0.15) is 0 Å². The molecule has 16 nitrogen and oxygen atoms in total. The van der Waals surface area contributed by atoms with Crippen LogP contribution in [0.25, 0.3) is 33.4 Å². The highest BCUT2D eigenvalue weighted by atomic mass is 32.1. The highest BCUT2D eigenvalue weighted by molar-refractivity contribution is 7.80. The van der Waals surface area contributed by atoms with E-state index in [-0.39, 0.29) is 30.3 Å². The summed E-state index contributed by atoms with van der Waals surface area (Å²) >= 11 is 5.51. The van der Waals surface area contributed by atoms with Crippen LogP contribution >= 0.6 is 12.2 Å². The second kappa shape index (κ2) is 16.9. The minimum absolute atomic E-state index is 0.00698. The molecule has 2 aromatic carbocycles. The first-order chi connectivity index (χ1) is 26.2. The van der Waals surface area contributed by atoms with Crippen LogP contribution in [0.3, 0.4) is 0 Å². The second-order valence-electron chi connectivity index (χ2n) is 13.6. The first-order valence-electron chi connectivity index (χ1n) is 17.3. The largest absolute Gasteiger partial charge is 0.478 e. The van der Waals surface area contributed by atoms with E-state index >= 15 is 0 Å². The van der Waals surface area contributed by atoms with Crippen LogP contribution in [-0.4, -0.2) is 132 Å². The Morgan fingerprint density at radius 1 is 0.782 bits per heavy atom. The van der Waals surface area contributed by atoms with E-state index in [4.69, 9.17) is 35.6 Å². The van der Waals surface area contributed by atoms with Crippen LogP contribution in [0.5, 0.6) is 0 Å². The van der Waals surface area contributed by atoms with Crippen LogP contribution in [0.2, 0.25) is 0 Å². The summed E-state index contributed by atoms with van der Waals surface area (Å²) < 4.78 is 27.4. The van der Waals surface area contributed by atoms with Gasteiger partial charge in [0.15, 0.2) is 18.0 Å². The highest BCUT2D eigenvalue weighted by Gasteiger charge is 2.50. The maximum atomic E-state index is 12.7. The van der Waals surface area contributed by atoms with Gasteiger partial charge in [-0.15, -0.1) is 0 Å². The summed E-state index contributed by atoms with van der Waals surface area (Å²) in [5.74, 6) is -1.63. The number of hydrogen-bond acceptors (Lipinski definition) is 16. The Labute approximate surface area is 318 Å². The molecule has 4 unspecified atom stereocenters. The zero-order valence-electron chi connectivity index (χ0n) is 29.3. The normalized spacial score (nSPS) is 28.3. The predicted molar refractivity (Wildman–Crippen MR) is 194 cm³/mol. The molecule has 0 radical (unpaired) electrons. The van der Waals surface area contributed by atoms with E-state index in [0.29, 0.717) is 43.8 Å². The van der Waals surface area contributed by atoms with Crippen LogP contribution < -0.4 is 5.43 Å². The SMILES string of the molecule is Cc1ccc2c(-c3ccc(CC(=S)CCC(=O)OCC4O[C@H](O[C@H]5OC(CO)[C@@H](O)C(O)[C@H]5O)C(O)[C@@H](O)[C@@H]4O)cc3C(=O)O)c3ccc(=O)cc-3oc2c1. The molecule has 8 N–H and O–H groups in total. The van der Waals surface area contributed by atoms with Crippen molar-refractivity contribution in [2.24, 2.45) is 0 Å². The molecule has 4 aliphatic rings. The fourth-order valence-electron chi connectivity index (χ4n) is 6.65. The number of aliphatic hydroxyl groups excluding tert-OH is 7. The fraction of sp³-hybridized carbons (Fsp3) is 0.421. The highest BCUT2D eigenvalue weighted by Crippen LogP contribution is 2.41. The number of fused-ring (bicyclic) bond motifs is 2. The maximum Gasteiger partial charge on any atom is 0.336 e. The van der Waals surface area contributed by atoms with Crippen molar-refractivity contribution >= 4 is 40.0 Å². The van der Waals surface area contributed by atoms with E-state index in [1.165, 1.54) is 18.2 Å². The Bertz CT molecular complexity index is 2080. The van der Waals surface area contributed by atoms with Crippen LogP contribution in [0, 0.1) is 6.92 Å². The third-order valence-electron chi connectivity index (χ3n) is 9.64.